The summed E-state index contributed by atoms with van der Waals surface area (Å²) in [6, 6.07) is 0.947. The lowest BCUT2D eigenvalue weighted by Gasteiger charge is -2.21. The molecule has 28 heavy (non-hydrogen) atoms. The Morgan fingerprint density at radius 1 is 1.14 bits per heavy atom. The number of phenols is 2. The van der Waals surface area contributed by atoms with Crippen LogP contribution in [0.2, 0.25) is 0 Å². The molecule has 0 fully saturated rings. The van der Waals surface area contributed by atoms with Crippen molar-refractivity contribution in [3.63, 3.8) is 0 Å². The van der Waals surface area contributed by atoms with Crippen LogP contribution in [0.25, 0.3) is 0 Å². The number of aliphatic carboxylic acids is 1. The monoisotopic (exact) mass is 397 g/mol. The first-order valence-electron chi connectivity index (χ1n) is 8.21. The van der Waals surface area contributed by atoms with Crippen LogP contribution in [0.1, 0.15) is 23.2 Å². The van der Waals surface area contributed by atoms with Gasteiger partial charge in [0.05, 0.1) is 12.2 Å². The smallest absolute Gasteiger partial charge is 0.328 e. The Balaban J connectivity index is 2.90. The molecule has 1 rings (SSSR count). The molecule has 0 aliphatic rings. The molecule has 1 aromatic rings. The van der Waals surface area contributed by atoms with E-state index >= 15 is 0 Å². The summed E-state index contributed by atoms with van der Waals surface area (Å²) in [5.74, 6) is -4.66. The summed E-state index contributed by atoms with van der Waals surface area (Å²) in [6.07, 6.45) is 0.316. The van der Waals surface area contributed by atoms with E-state index in [0.29, 0.717) is 0 Å². The van der Waals surface area contributed by atoms with Gasteiger partial charge in [-0.1, -0.05) is 6.07 Å². The number of benzene rings is 1. The zero-order valence-corrected chi connectivity index (χ0v) is 14.8. The summed E-state index contributed by atoms with van der Waals surface area (Å²) in [5, 5.41) is 51.3. The van der Waals surface area contributed by atoms with Crippen molar-refractivity contribution < 1.29 is 34.8 Å². The number of nitrogens with two attached hydrogens (primary N) is 1. The number of para-hydroxylation sites is 1. The third-order valence-corrected chi connectivity index (χ3v) is 3.66. The Bertz CT molecular complexity index is 740. The van der Waals surface area contributed by atoms with Crippen LogP contribution in [-0.2, 0) is 9.59 Å². The van der Waals surface area contributed by atoms with Gasteiger partial charge in [0.2, 0.25) is 5.91 Å². The molecular weight excluding hydrogens is 374 g/mol. The first kappa shape index (κ1) is 22.5. The van der Waals surface area contributed by atoms with E-state index in [1.165, 1.54) is 18.2 Å². The Labute approximate surface area is 159 Å². The van der Waals surface area contributed by atoms with Crippen LogP contribution in [0.15, 0.2) is 18.2 Å². The molecule has 12 nitrogen and oxygen atoms in total. The minimum atomic E-state index is -1.56. The lowest BCUT2D eigenvalue weighted by Crippen LogP contribution is -2.52. The zero-order valence-electron chi connectivity index (χ0n) is 14.8. The predicted molar refractivity (Wildman–Crippen MR) is 96.8 cm³/mol. The molecule has 0 spiro atoms. The van der Waals surface area contributed by atoms with Gasteiger partial charge >= 0.3 is 5.97 Å². The number of amides is 2. The predicted octanol–water partition coefficient (Wildman–Crippen LogP) is -1.98. The molecule has 0 aliphatic heterocycles. The van der Waals surface area contributed by atoms with Crippen LogP contribution in [0.4, 0.5) is 0 Å². The van der Waals surface area contributed by atoms with Crippen molar-refractivity contribution in [2.24, 2.45) is 5.73 Å². The van der Waals surface area contributed by atoms with E-state index in [4.69, 9.17) is 21.4 Å². The quantitative estimate of drug-likeness (QED) is 0.0923. The second-order valence-electron chi connectivity index (χ2n) is 5.76. The van der Waals surface area contributed by atoms with Crippen molar-refractivity contribution in [3.05, 3.63) is 23.8 Å². The standard InChI is InChI=1S/C16H23N5O7/c17-16(18)19-6-2-4-9(14(26)21-10(7-22)15(27)28)20-13(25)8-3-1-5-11(23)12(8)24/h1,3,5,9-10,22-24H,2,4,6-7H2,(H,20,25)(H,21,26)(H,27,28)(H4,17,18,19)/t9-,10+/m1/s1. The summed E-state index contributed by atoms with van der Waals surface area (Å²) in [5.41, 5.74) is 4.87. The maximum atomic E-state index is 12.4. The number of nitrogens with one attached hydrogen (secondary N) is 4. The molecule has 154 valence electrons. The fourth-order valence-corrected chi connectivity index (χ4v) is 2.21. The average Bonchev–Trinajstić information content (AvgIpc) is 2.63. The first-order valence-corrected chi connectivity index (χ1v) is 8.21. The third-order valence-electron chi connectivity index (χ3n) is 3.66. The second kappa shape index (κ2) is 10.6. The SMILES string of the molecule is N=C(N)NCCC[C@@H](NC(=O)c1cccc(O)c1O)C(=O)N[C@@H](CO)C(=O)O. The van der Waals surface area contributed by atoms with Crippen molar-refractivity contribution >= 4 is 23.7 Å². The molecular formula is C16H23N5O7. The van der Waals surface area contributed by atoms with E-state index in [1.54, 1.807) is 0 Å². The van der Waals surface area contributed by atoms with E-state index in [-0.39, 0.29) is 30.9 Å². The maximum absolute atomic E-state index is 12.4. The molecule has 1 aromatic carbocycles. The molecule has 0 heterocycles. The Morgan fingerprint density at radius 2 is 1.82 bits per heavy atom. The number of aliphatic hydroxyl groups is 1. The molecule has 0 aromatic heterocycles. The fraction of sp³-hybridized carbons (Fsp3) is 0.375. The van der Waals surface area contributed by atoms with Gasteiger partial charge in [-0.05, 0) is 25.0 Å². The number of guanidine groups is 1. The summed E-state index contributed by atoms with van der Waals surface area (Å²) in [6.45, 7) is -0.629. The minimum absolute atomic E-state index is 0.0369. The van der Waals surface area contributed by atoms with Gasteiger partial charge in [0.25, 0.3) is 5.91 Å². The number of carbonyl (C=O) groups is 3. The number of carbonyl (C=O) groups excluding carboxylic acids is 2. The number of carboxylic acids is 1. The largest absolute Gasteiger partial charge is 0.504 e. The highest BCUT2D eigenvalue weighted by Gasteiger charge is 2.27. The molecule has 0 unspecified atom stereocenters. The van der Waals surface area contributed by atoms with Crippen LogP contribution in [-0.4, -0.2) is 69.4 Å². The first-order chi connectivity index (χ1) is 13.2. The van der Waals surface area contributed by atoms with Crippen LogP contribution in [0.3, 0.4) is 0 Å². The number of carboxylic acid groups (broad SMARTS) is 1. The fourth-order valence-electron chi connectivity index (χ4n) is 2.21. The van der Waals surface area contributed by atoms with Crippen molar-refractivity contribution in [1.82, 2.24) is 16.0 Å². The molecule has 0 aliphatic carbocycles. The summed E-state index contributed by atoms with van der Waals surface area (Å²) < 4.78 is 0. The van der Waals surface area contributed by atoms with Crippen molar-refractivity contribution in [1.29, 1.82) is 5.41 Å². The van der Waals surface area contributed by atoms with Gasteiger partial charge in [0, 0.05) is 6.54 Å². The molecule has 10 N–H and O–H groups in total. The maximum Gasteiger partial charge on any atom is 0.328 e. The average molecular weight is 397 g/mol. The van der Waals surface area contributed by atoms with Crippen LogP contribution < -0.4 is 21.7 Å². The molecule has 2 amide bonds. The van der Waals surface area contributed by atoms with Gasteiger partial charge in [0.15, 0.2) is 17.5 Å². The minimum Gasteiger partial charge on any atom is -0.504 e. The van der Waals surface area contributed by atoms with Gasteiger partial charge in [-0.15, -0.1) is 0 Å². The lowest BCUT2D eigenvalue weighted by atomic mass is 10.1. The normalized spacial score (nSPS) is 12.5. The van der Waals surface area contributed by atoms with Crippen molar-refractivity contribution in [3.8, 4) is 11.5 Å². The van der Waals surface area contributed by atoms with E-state index in [2.05, 4.69) is 16.0 Å². The highest BCUT2D eigenvalue weighted by molar-refractivity contribution is 6.00. The van der Waals surface area contributed by atoms with Gasteiger partial charge in [-0.3, -0.25) is 15.0 Å². The van der Waals surface area contributed by atoms with E-state index in [9.17, 15) is 24.6 Å². The molecule has 0 bridgehead atoms. The number of aromatic hydroxyl groups is 2. The molecule has 0 saturated heterocycles. The lowest BCUT2D eigenvalue weighted by molar-refractivity contribution is -0.143. The second-order valence-corrected chi connectivity index (χ2v) is 5.76. The van der Waals surface area contributed by atoms with E-state index < -0.39 is 48.0 Å². The van der Waals surface area contributed by atoms with Crippen LogP contribution in [0, 0.1) is 5.41 Å². The third kappa shape index (κ3) is 6.64. The highest BCUT2D eigenvalue weighted by Crippen LogP contribution is 2.28. The number of hydrogen-bond donors (Lipinski definition) is 9. The van der Waals surface area contributed by atoms with Crippen molar-refractivity contribution in [2.75, 3.05) is 13.2 Å². The molecule has 0 radical (unpaired) electrons. The molecule has 12 heteroatoms. The topological polar surface area (TPSA) is 218 Å². The van der Waals surface area contributed by atoms with Gasteiger partial charge < -0.3 is 42.1 Å². The molecule has 2 atom stereocenters. The Morgan fingerprint density at radius 3 is 2.39 bits per heavy atom. The number of aliphatic hydroxyl groups excluding tert-OH is 1. The van der Waals surface area contributed by atoms with E-state index in [0.717, 1.165) is 0 Å². The van der Waals surface area contributed by atoms with E-state index in [1.807, 2.05) is 0 Å². The Kier molecular flexibility index (Phi) is 8.49. The summed E-state index contributed by atoms with van der Waals surface area (Å²) in [7, 11) is 0. The number of hydrogen-bond acceptors (Lipinski definition) is 7. The number of phenolic OH excluding ortho intramolecular Hbond substituents is 2. The van der Waals surface area contributed by atoms with Gasteiger partial charge in [-0.2, -0.15) is 0 Å². The van der Waals surface area contributed by atoms with Crippen LogP contribution in [0.5, 0.6) is 11.5 Å². The van der Waals surface area contributed by atoms with Crippen molar-refractivity contribution in [2.45, 2.75) is 24.9 Å². The molecule has 0 saturated carbocycles. The van der Waals surface area contributed by atoms with Gasteiger partial charge in [0.1, 0.15) is 12.1 Å². The number of rotatable bonds is 10. The summed E-state index contributed by atoms with van der Waals surface area (Å²) >= 11 is 0. The highest BCUT2D eigenvalue weighted by atomic mass is 16.4. The zero-order chi connectivity index (χ0) is 21.3. The summed E-state index contributed by atoms with van der Waals surface area (Å²) in [4.78, 5) is 35.7. The van der Waals surface area contributed by atoms with Crippen LogP contribution >= 0.6 is 0 Å². The Hall–Kier alpha value is -3.54. The van der Waals surface area contributed by atoms with Gasteiger partial charge in [-0.25, -0.2) is 4.79 Å².